The van der Waals surface area contributed by atoms with Crippen molar-refractivity contribution in [3.63, 3.8) is 0 Å². The molecule has 2 N–H and O–H groups in total. The molecule has 1 fully saturated rings. The van der Waals surface area contributed by atoms with Crippen LogP contribution in [0.25, 0.3) is 11.3 Å². The first kappa shape index (κ1) is 19.5. The van der Waals surface area contributed by atoms with E-state index < -0.39 is 0 Å². The van der Waals surface area contributed by atoms with E-state index in [0.29, 0.717) is 25.6 Å². The summed E-state index contributed by atoms with van der Waals surface area (Å²) < 4.78 is 13.1. The molecule has 1 aliphatic heterocycles. The standard InChI is InChI=1S/C20H28FN5O/c1-15(2)25-9-11-26(12-10-25)19(27)7-8-22-13-17-14-23-24-20(17)16-3-5-18(21)6-4-16/h3-6,14-15,22H,7-13H2,1-2H3,(H,23,24). The number of aromatic amines is 1. The van der Waals surface area contributed by atoms with Crippen molar-refractivity contribution in [2.24, 2.45) is 0 Å². The molecule has 146 valence electrons. The fourth-order valence-corrected chi connectivity index (χ4v) is 3.38. The van der Waals surface area contributed by atoms with Crippen molar-refractivity contribution < 1.29 is 9.18 Å². The van der Waals surface area contributed by atoms with E-state index >= 15 is 0 Å². The molecule has 1 aliphatic rings. The molecular weight excluding hydrogens is 345 g/mol. The minimum atomic E-state index is -0.259. The van der Waals surface area contributed by atoms with E-state index in [-0.39, 0.29) is 11.7 Å². The molecule has 1 saturated heterocycles. The maximum atomic E-state index is 13.1. The Kier molecular flexibility index (Phi) is 6.58. The average molecular weight is 373 g/mol. The number of nitrogens with zero attached hydrogens (tertiary/aromatic N) is 3. The van der Waals surface area contributed by atoms with Crippen LogP contribution in [0.1, 0.15) is 25.8 Å². The number of hydrogen-bond acceptors (Lipinski definition) is 4. The second kappa shape index (κ2) is 9.10. The molecule has 1 amide bonds. The fraction of sp³-hybridized carbons (Fsp3) is 0.500. The van der Waals surface area contributed by atoms with Crippen LogP contribution in [0.3, 0.4) is 0 Å². The molecule has 0 unspecified atom stereocenters. The van der Waals surface area contributed by atoms with Crippen LogP contribution in [-0.2, 0) is 11.3 Å². The lowest BCUT2D eigenvalue weighted by atomic mass is 10.1. The Morgan fingerprint density at radius 2 is 1.93 bits per heavy atom. The molecule has 3 rings (SSSR count). The van der Waals surface area contributed by atoms with Gasteiger partial charge in [-0.1, -0.05) is 0 Å². The van der Waals surface area contributed by atoms with E-state index in [4.69, 9.17) is 0 Å². The Morgan fingerprint density at radius 1 is 1.22 bits per heavy atom. The van der Waals surface area contributed by atoms with E-state index in [1.165, 1.54) is 12.1 Å². The van der Waals surface area contributed by atoms with Crippen molar-refractivity contribution in [1.82, 2.24) is 25.3 Å². The van der Waals surface area contributed by atoms with Crippen LogP contribution in [0.5, 0.6) is 0 Å². The number of carbonyl (C=O) groups excluding carboxylic acids is 1. The molecule has 0 atom stereocenters. The first-order valence-electron chi connectivity index (χ1n) is 9.55. The quantitative estimate of drug-likeness (QED) is 0.731. The third kappa shape index (κ3) is 5.14. The Bertz CT molecular complexity index is 735. The zero-order valence-electron chi connectivity index (χ0n) is 16.0. The molecule has 1 aromatic carbocycles. The lowest BCUT2D eigenvalue weighted by molar-refractivity contribution is -0.133. The number of aromatic nitrogens is 2. The Balaban J connectivity index is 1.43. The van der Waals surface area contributed by atoms with E-state index in [1.807, 2.05) is 4.90 Å². The second-order valence-electron chi connectivity index (χ2n) is 7.21. The molecule has 1 aromatic heterocycles. The predicted molar refractivity (Wildman–Crippen MR) is 104 cm³/mol. The fourth-order valence-electron chi connectivity index (χ4n) is 3.38. The van der Waals surface area contributed by atoms with Crippen LogP contribution in [0.4, 0.5) is 4.39 Å². The van der Waals surface area contributed by atoms with Gasteiger partial charge in [-0.25, -0.2) is 4.39 Å². The first-order valence-corrected chi connectivity index (χ1v) is 9.55. The number of piperazine rings is 1. The lowest BCUT2D eigenvalue weighted by Gasteiger charge is -2.37. The summed E-state index contributed by atoms with van der Waals surface area (Å²) in [6.45, 7) is 9.14. The summed E-state index contributed by atoms with van der Waals surface area (Å²) in [5.74, 6) is -0.0532. The maximum absolute atomic E-state index is 13.1. The van der Waals surface area contributed by atoms with Crippen LogP contribution >= 0.6 is 0 Å². The minimum Gasteiger partial charge on any atom is -0.340 e. The van der Waals surface area contributed by atoms with Gasteiger partial charge in [0.1, 0.15) is 5.82 Å². The van der Waals surface area contributed by atoms with E-state index in [9.17, 15) is 9.18 Å². The second-order valence-corrected chi connectivity index (χ2v) is 7.21. The highest BCUT2D eigenvalue weighted by Gasteiger charge is 2.21. The highest BCUT2D eigenvalue weighted by atomic mass is 19.1. The van der Waals surface area contributed by atoms with Crippen LogP contribution in [0, 0.1) is 5.82 Å². The summed E-state index contributed by atoms with van der Waals surface area (Å²) in [7, 11) is 0. The minimum absolute atomic E-state index is 0.205. The molecule has 0 saturated carbocycles. The van der Waals surface area contributed by atoms with Gasteiger partial charge in [0.05, 0.1) is 11.9 Å². The van der Waals surface area contributed by atoms with Gasteiger partial charge >= 0.3 is 0 Å². The monoisotopic (exact) mass is 373 g/mol. The Labute approximate surface area is 159 Å². The number of nitrogens with one attached hydrogen (secondary N) is 2. The van der Waals surface area contributed by atoms with Crippen molar-refractivity contribution in [2.45, 2.75) is 32.9 Å². The van der Waals surface area contributed by atoms with Gasteiger partial charge in [-0.3, -0.25) is 14.8 Å². The van der Waals surface area contributed by atoms with Crippen molar-refractivity contribution in [3.8, 4) is 11.3 Å². The molecule has 0 spiro atoms. The van der Waals surface area contributed by atoms with Crippen molar-refractivity contribution in [3.05, 3.63) is 41.8 Å². The zero-order valence-corrected chi connectivity index (χ0v) is 16.0. The topological polar surface area (TPSA) is 64.3 Å². The van der Waals surface area contributed by atoms with E-state index in [2.05, 4.69) is 34.3 Å². The van der Waals surface area contributed by atoms with Gasteiger partial charge in [-0.2, -0.15) is 5.10 Å². The number of carbonyl (C=O) groups is 1. The first-order chi connectivity index (χ1) is 13.0. The highest BCUT2D eigenvalue weighted by molar-refractivity contribution is 5.76. The average Bonchev–Trinajstić information content (AvgIpc) is 3.14. The van der Waals surface area contributed by atoms with Gasteiger partial charge in [-0.15, -0.1) is 0 Å². The third-order valence-corrected chi connectivity index (χ3v) is 5.08. The SMILES string of the molecule is CC(C)N1CCN(C(=O)CCNCc2cn[nH]c2-c2ccc(F)cc2)CC1. The van der Waals surface area contributed by atoms with Gasteiger partial charge in [0.2, 0.25) is 5.91 Å². The van der Waals surface area contributed by atoms with Crippen LogP contribution in [-0.4, -0.2) is 64.7 Å². The van der Waals surface area contributed by atoms with Crippen LogP contribution < -0.4 is 5.32 Å². The Hall–Kier alpha value is -2.25. The third-order valence-electron chi connectivity index (χ3n) is 5.08. The van der Waals surface area contributed by atoms with Crippen LogP contribution in [0.15, 0.2) is 30.5 Å². The molecule has 6 nitrogen and oxygen atoms in total. The summed E-state index contributed by atoms with van der Waals surface area (Å²) in [6, 6.07) is 6.87. The number of H-pyrrole nitrogens is 1. The highest BCUT2D eigenvalue weighted by Crippen LogP contribution is 2.21. The number of rotatable bonds is 7. The smallest absolute Gasteiger partial charge is 0.223 e. The van der Waals surface area contributed by atoms with Crippen molar-refractivity contribution >= 4 is 5.91 Å². The Morgan fingerprint density at radius 3 is 2.59 bits per heavy atom. The zero-order chi connectivity index (χ0) is 19.2. The molecule has 0 radical (unpaired) electrons. The van der Waals surface area contributed by atoms with Gasteiger partial charge in [0.25, 0.3) is 0 Å². The summed E-state index contributed by atoms with van der Waals surface area (Å²) in [6.07, 6.45) is 2.25. The molecule has 0 bridgehead atoms. The molecule has 7 heteroatoms. The maximum Gasteiger partial charge on any atom is 0.223 e. The summed E-state index contributed by atoms with van der Waals surface area (Å²) in [4.78, 5) is 16.7. The summed E-state index contributed by atoms with van der Waals surface area (Å²) in [5.41, 5.74) is 2.77. The van der Waals surface area contributed by atoms with Crippen molar-refractivity contribution in [1.29, 1.82) is 0 Å². The number of hydrogen-bond donors (Lipinski definition) is 2. The molecule has 2 aromatic rings. The molecule has 27 heavy (non-hydrogen) atoms. The van der Waals surface area contributed by atoms with Gasteiger partial charge < -0.3 is 10.2 Å². The molecule has 0 aliphatic carbocycles. The summed E-state index contributed by atoms with van der Waals surface area (Å²) >= 11 is 0. The number of halogens is 1. The molecule has 2 heterocycles. The van der Waals surface area contributed by atoms with Gasteiger partial charge in [0, 0.05) is 62.9 Å². The van der Waals surface area contributed by atoms with E-state index in [0.717, 1.165) is 43.0 Å². The number of amides is 1. The number of benzene rings is 1. The van der Waals surface area contributed by atoms with Gasteiger partial charge in [-0.05, 0) is 38.1 Å². The normalized spacial score (nSPS) is 15.5. The van der Waals surface area contributed by atoms with Crippen LogP contribution in [0.2, 0.25) is 0 Å². The predicted octanol–water partition coefficient (Wildman–Crippen LogP) is 2.25. The largest absolute Gasteiger partial charge is 0.340 e. The van der Waals surface area contributed by atoms with E-state index in [1.54, 1.807) is 18.3 Å². The summed E-state index contributed by atoms with van der Waals surface area (Å²) in [5, 5.41) is 10.4. The molecular formula is C20H28FN5O. The van der Waals surface area contributed by atoms with Crippen molar-refractivity contribution in [2.75, 3.05) is 32.7 Å². The van der Waals surface area contributed by atoms with Gasteiger partial charge in [0.15, 0.2) is 0 Å². The lowest BCUT2D eigenvalue weighted by Crippen LogP contribution is -2.51.